The number of rotatable bonds is 9. The van der Waals surface area contributed by atoms with E-state index in [2.05, 4.69) is 29.0 Å². The Balaban J connectivity index is 1.57. The first-order valence-electron chi connectivity index (χ1n) is 12.2. The summed E-state index contributed by atoms with van der Waals surface area (Å²) in [5.41, 5.74) is 5.06. The fourth-order valence-corrected chi connectivity index (χ4v) is 4.59. The van der Waals surface area contributed by atoms with Crippen LogP contribution in [0.1, 0.15) is 53.5 Å². The molecule has 1 N–H and O–H groups in total. The Bertz CT molecular complexity index is 1340. The highest BCUT2D eigenvalue weighted by atomic mass is 16.5. The number of hydrogen-bond acceptors (Lipinski definition) is 5. The lowest BCUT2D eigenvalue weighted by Crippen LogP contribution is -2.29. The standard InChI is InChI=1S/C29H30N4O3/c1-19(2)13-16-36-23-10-9-22(17-24(23)35-3)28-25-26(21-7-5-4-6-8-21)31-32-27(25)29(34)33(28)18-20-11-14-30-15-12-20/h4-12,14-15,17,19,28H,13,16,18H2,1-3H3,(H,31,32). The number of hydrogen-bond donors (Lipinski definition) is 1. The van der Waals surface area contributed by atoms with E-state index in [4.69, 9.17) is 9.47 Å². The zero-order valence-electron chi connectivity index (χ0n) is 20.8. The Hall–Kier alpha value is -4.13. The molecule has 3 heterocycles. The predicted octanol–water partition coefficient (Wildman–Crippen LogP) is 5.65. The zero-order valence-corrected chi connectivity index (χ0v) is 20.8. The number of carbonyl (C=O) groups is 1. The van der Waals surface area contributed by atoms with Crippen LogP contribution >= 0.6 is 0 Å². The fourth-order valence-electron chi connectivity index (χ4n) is 4.59. The average Bonchev–Trinajstić information content (AvgIpc) is 3.44. The van der Waals surface area contributed by atoms with Gasteiger partial charge < -0.3 is 14.4 Å². The van der Waals surface area contributed by atoms with Gasteiger partial charge in [0.1, 0.15) is 5.69 Å². The number of methoxy groups -OCH3 is 1. The molecule has 0 spiro atoms. The second-order valence-corrected chi connectivity index (χ2v) is 9.36. The molecule has 1 atom stereocenters. The van der Waals surface area contributed by atoms with E-state index in [9.17, 15) is 4.79 Å². The first kappa shape index (κ1) is 23.6. The van der Waals surface area contributed by atoms with Crippen LogP contribution in [0.25, 0.3) is 11.3 Å². The molecule has 0 bridgehead atoms. The number of benzene rings is 2. The third-order valence-corrected chi connectivity index (χ3v) is 6.47. The summed E-state index contributed by atoms with van der Waals surface area (Å²) in [5, 5.41) is 7.57. The smallest absolute Gasteiger partial charge is 0.273 e. The van der Waals surface area contributed by atoms with Crippen molar-refractivity contribution in [3.05, 3.63) is 95.4 Å². The largest absolute Gasteiger partial charge is 0.493 e. The number of carbonyl (C=O) groups excluding carboxylic acids is 1. The van der Waals surface area contributed by atoms with Crippen LogP contribution in [0.15, 0.2) is 73.1 Å². The van der Waals surface area contributed by atoms with Crippen LogP contribution in [-0.4, -0.2) is 39.7 Å². The molecule has 4 aromatic rings. The van der Waals surface area contributed by atoms with Gasteiger partial charge in [-0.2, -0.15) is 5.10 Å². The van der Waals surface area contributed by atoms with Gasteiger partial charge in [-0.05, 0) is 47.7 Å². The topological polar surface area (TPSA) is 80.3 Å². The lowest BCUT2D eigenvalue weighted by molar-refractivity contribution is 0.0729. The van der Waals surface area contributed by atoms with Gasteiger partial charge in [-0.1, -0.05) is 50.2 Å². The van der Waals surface area contributed by atoms with Crippen LogP contribution in [0.2, 0.25) is 0 Å². The van der Waals surface area contributed by atoms with Gasteiger partial charge in [0, 0.05) is 30.1 Å². The predicted molar refractivity (Wildman–Crippen MR) is 138 cm³/mol. The van der Waals surface area contributed by atoms with E-state index in [0.29, 0.717) is 36.3 Å². The van der Waals surface area contributed by atoms with Gasteiger partial charge in [-0.15, -0.1) is 0 Å². The highest BCUT2D eigenvalue weighted by molar-refractivity contribution is 6.00. The molecule has 0 saturated carbocycles. The molecule has 0 radical (unpaired) electrons. The zero-order chi connectivity index (χ0) is 25.1. The highest BCUT2D eigenvalue weighted by Crippen LogP contribution is 2.45. The van der Waals surface area contributed by atoms with Crippen molar-refractivity contribution >= 4 is 5.91 Å². The Morgan fingerprint density at radius 3 is 2.53 bits per heavy atom. The van der Waals surface area contributed by atoms with Gasteiger partial charge in [0.05, 0.1) is 25.5 Å². The maximum Gasteiger partial charge on any atom is 0.273 e. The Labute approximate surface area is 211 Å². The molecule has 7 nitrogen and oxygen atoms in total. The van der Waals surface area contributed by atoms with E-state index in [0.717, 1.165) is 34.4 Å². The molecule has 2 aromatic carbocycles. The van der Waals surface area contributed by atoms with Crippen molar-refractivity contribution in [3.8, 4) is 22.8 Å². The summed E-state index contributed by atoms with van der Waals surface area (Å²) in [5.74, 6) is 1.81. The minimum Gasteiger partial charge on any atom is -0.493 e. The molecular formula is C29H30N4O3. The Morgan fingerprint density at radius 1 is 1.03 bits per heavy atom. The summed E-state index contributed by atoms with van der Waals surface area (Å²) in [4.78, 5) is 19.6. The number of pyridine rings is 1. The minimum absolute atomic E-state index is 0.0854. The highest BCUT2D eigenvalue weighted by Gasteiger charge is 2.42. The number of nitrogens with one attached hydrogen (secondary N) is 1. The summed E-state index contributed by atoms with van der Waals surface area (Å²) in [6, 6.07) is 19.4. The molecule has 2 aromatic heterocycles. The number of H-pyrrole nitrogens is 1. The molecule has 1 aliphatic heterocycles. The van der Waals surface area contributed by atoms with E-state index in [1.807, 2.05) is 65.6 Å². The van der Waals surface area contributed by atoms with Crippen LogP contribution in [0.5, 0.6) is 11.5 Å². The molecule has 0 aliphatic carbocycles. The van der Waals surface area contributed by atoms with Crippen LogP contribution < -0.4 is 9.47 Å². The molecule has 7 heteroatoms. The Kier molecular flexibility index (Phi) is 6.71. The summed E-state index contributed by atoms with van der Waals surface area (Å²) in [6.45, 7) is 5.40. The van der Waals surface area contributed by atoms with E-state index in [-0.39, 0.29) is 11.9 Å². The van der Waals surface area contributed by atoms with Crippen LogP contribution in [-0.2, 0) is 6.54 Å². The van der Waals surface area contributed by atoms with Crippen molar-refractivity contribution in [1.29, 1.82) is 0 Å². The van der Waals surface area contributed by atoms with Crippen LogP contribution in [0, 0.1) is 5.92 Å². The monoisotopic (exact) mass is 482 g/mol. The van der Waals surface area contributed by atoms with Gasteiger partial charge in [-0.3, -0.25) is 14.9 Å². The van der Waals surface area contributed by atoms with E-state index in [1.54, 1.807) is 19.5 Å². The molecular weight excluding hydrogens is 452 g/mol. The van der Waals surface area contributed by atoms with Crippen LogP contribution in [0.3, 0.4) is 0 Å². The molecule has 0 fully saturated rings. The molecule has 1 amide bonds. The number of ether oxygens (including phenoxy) is 2. The molecule has 1 unspecified atom stereocenters. The number of aromatic nitrogens is 3. The van der Waals surface area contributed by atoms with Crippen molar-refractivity contribution in [2.75, 3.05) is 13.7 Å². The van der Waals surface area contributed by atoms with E-state index in [1.165, 1.54) is 0 Å². The summed E-state index contributed by atoms with van der Waals surface area (Å²) in [6.07, 6.45) is 4.45. The van der Waals surface area contributed by atoms with E-state index < -0.39 is 0 Å². The van der Waals surface area contributed by atoms with Crippen LogP contribution in [0.4, 0.5) is 0 Å². The molecule has 1 aliphatic rings. The van der Waals surface area contributed by atoms with Gasteiger partial charge in [-0.25, -0.2) is 0 Å². The summed E-state index contributed by atoms with van der Waals surface area (Å²) >= 11 is 0. The maximum atomic E-state index is 13.6. The second-order valence-electron chi connectivity index (χ2n) is 9.36. The normalized spacial score (nSPS) is 14.8. The van der Waals surface area contributed by atoms with Gasteiger partial charge in [0.2, 0.25) is 0 Å². The average molecular weight is 483 g/mol. The van der Waals surface area contributed by atoms with Gasteiger partial charge in [0.25, 0.3) is 5.91 Å². The van der Waals surface area contributed by atoms with Gasteiger partial charge >= 0.3 is 0 Å². The quantitative estimate of drug-likeness (QED) is 0.333. The third kappa shape index (κ3) is 4.56. The Morgan fingerprint density at radius 2 is 1.81 bits per heavy atom. The molecule has 0 saturated heterocycles. The van der Waals surface area contributed by atoms with E-state index >= 15 is 0 Å². The third-order valence-electron chi connectivity index (χ3n) is 6.47. The van der Waals surface area contributed by atoms with Gasteiger partial charge in [0.15, 0.2) is 11.5 Å². The molecule has 36 heavy (non-hydrogen) atoms. The molecule has 5 rings (SSSR count). The fraction of sp³-hybridized carbons (Fsp3) is 0.276. The first-order valence-corrected chi connectivity index (χ1v) is 12.2. The maximum absolute atomic E-state index is 13.6. The van der Waals surface area contributed by atoms with Crippen molar-refractivity contribution in [2.45, 2.75) is 32.9 Å². The molecule has 184 valence electrons. The van der Waals surface area contributed by atoms with Crippen molar-refractivity contribution in [2.24, 2.45) is 5.92 Å². The SMILES string of the molecule is COc1cc(C2c3c(-c4ccccc4)n[nH]c3C(=O)N2Cc2ccncc2)ccc1OCCC(C)C. The first-order chi connectivity index (χ1) is 17.6. The second kappa shape index (κ2) is 10.2. The number of fused-ring (bicyclic) bond motifs is 1. The van der Waals surface area contributed by atoms with Crippen molar-refractivity contribution in [3.63, 3.8) is 0 Å². The minimum atomic E-state index is -0.340. The van der Waals surface area contributed by atoms with Crippen molar-refractivity contribution < 1.29 is 14.3 Å². The lowest BCUT2D eigenvalue weighted by atomic mass is 9.95. The number of nitrogens with zero attached hydrogens (tertiary/aromatic N) is 3. The van der Waals surface area contributed by atoms with Crippen molar-refractivity contribution in [1.82, 2.24) is 20.1 Å². The summed E-state index contributed by atoms with van der Waals surface area (Å²) in [7, 11) is 1.64. The lowest BCUT2D eigenvalue weighted by Gasteiger charge is -2.27. The summed E-state index contributed by atoms with van der Waals surface area (Å²) < 4.78 is 11.7. The number of amides is 1. The number of aromatic amines is 1.